The van der Waals surface area contributed by atoms with E-state index >= 15 is 0 Å². The van der Waals surface area contributed by atoms with Gasteiger partial charge in [0, 0.05) is 42.3 Å². The zero-order chi connectivity index (χ0) is 15.9. The van der Waals surface area contributed by atoms with E-state index in [-0.39, 0.29) is 17.0 Å². The van der Waals surface area contributed by atoms with Crippen LogP contribution in [-0.2, 0) is 6.54 Å². The molecule has 0 spiro atoms. The first-order chi connectivity index (χ1) is 11.2. The van der Waals surface area contributed by atoms with Gasteiger partial charge in [-0.15, -0.1) is 0 Å². The Labute approximate surface area is 155 Å². The zero-order valence-electron chi connectivity index (χ0n) is 14.5. The van der Waals surface area contributed by atoms with Crippen LogP contribution < -0.4 is 21.5 Å². The van der Waals surface area contributed by atoms with Gasteiger partial charge in [-0.2, -0.15) is 0 Å². The van der Waals surface area contributed by atoms with Gasteiger partial charge in [-0.1, -0.05) is 42.5 Å². The first kappa shape index (κ1) is 17.4. The number of para-hydroxylation sites is 1. The van der Waals surface area contributed by atoms with Gasteiger partial charge >= 0.3 is 0 Å². The van der Waals surface area contributed by atoms with Crippen molar-refractivity contribution in [2.24, 2.45) is 0 Å². The second kappa shape index (κ2) is 6.83. The Bertz CT molecular complexity index is 753. The Hall–Kier alpha value is -1.42. The summed E-state index contributed by atoms with van der Waals surface area (Å²) in [6.07, 6.45) is 1.18. The summed E-state index contributed by atoms with van der Waals surface area (Å²) in [6, 6.07) is 20.0. The van der Waals surface area contributed by atoms with Gasteiger partial charge in [-0.05, 0) is 20.0 Å². The van der Waals surface area contributed by atoms with E-state index in [0.717, 1.165) is 24.1 Å². The fourth-order valence-corrected chi connectivity index (χ4v) is 4.40. The van der Waals surface area contributed by atoms with Gasteiger partial charge in [0.1, 0.15) is 17.9 Å². The maximum atomic E-state index is 2.45. The van der Waals surface area contributed by atoms with Gasteiger partial charge in [-0.3, -0.25) is 4.48 Å². The van der Waals surface area contributed by atoms with E-state index in [1.165, 1.54) is 29.8 Å². The van der Waals surface area contributed by atoms with Crippen molar-refractivity contribution in [3.63, 3.8) is 0 Å². The van der Waals surface area contributed by atoms with Crippen LogP contribution in [0.4, 0.5) is 5.69 Å². The van der Waals surface area contributed by atoms with Crippen LogP contribution in [0.2, 0.25) is 0 Å². The van der Waals surface area contributed by atoms with Crippen LogP contribution in [0.3, 0.4) is 0 Å². The molecule has 1 unspecified atom stereocenters. The standard InChI is InChI=1S/C21H25N2.BrH/c1-3-23(16-17-9-5-4-6-10-17)20-12-8-7-11-18(20)19-15-22(2)14-13-21(19)23;/h4-12H,3,13-16H2,1-2H3;1H/q+1;/p-1. The van der Waals surface area contributed by atoms with E-state index in [1.54, 1.807) is 11.3 Å². The Morgan fingerprint density at radius 1 is 1.00 bits per heavy atom. The number of fused-ring (bicyclic) bond motifs is 2. The van der Waals surface area contributed by atoms with Gasteiger partial charge < -0.3 is 21.9 Å². The van der Waals surface area contributed by atoms with Crippen molar-refractivity contribution in [3.05, 3.63) is 71.4 Å². The molecule has 0 aliphatic carbocycles. The number of benzene rings is 2. The minimum absolute atomic E-state index is 0. The van der Waals surface area contributed by atoms with Crippen molar-refractivity contribution >= 4 is 11.3 Å². The van der Waals surface area contributed by atoms with E-state index in [1.807, 2.05) is 0 Å². The molecule has 2 aliphatic rings. The number of hydrogen-bond acceptors (Lipinski definition) is 1. The molecule has 2 aromatic rings. The number of halogens is 1. The van der Waals surface area contributed by atoms with Crippen molar-refractivity contribution in [1.82, 2.24) is 9.38 Å². The molecule has 0 bridgehead atoms. The largest absolute Gasteiger partial charge is 1.00 e. The minimum Gasteiger partial charge on any atom is -1.00 e. The molecule has 24 heavy (non-hydrogen) atoms. The predicted molar refractivity (Wildman–Crippen MR) is 98.0 cm³/mol. The Kier molecular flexibility index (Phi) is 4.95. The van der Waals surface area contributed by atoms with Gasteiger partial charge in [0.25, 0.3) is 0 Å². The summed E-state index contributed by atoms with van der Waals surface area (Å²) < 4.78 is 1.02. The zero-order valence-corrected chi connectivity index (χ0v) is 16.1. The lowest BCUT2D eigenvalue weighted by atomic mass is 10.0. The molecule has 2 aliphatic heterocycles. The topological polar surface area (TPSA) is 3.24 Å². The van der Waals surface area contributed by atoms with Crippen molar-refractivity contribution in [2.45, 2.75) is 19.9 Å². The second-order valence-electron chi connectivity index (χ2n) is 6.86. The van der Waals surface area contributed by atoms with Gasteiger partial charge in [0.2, 0.25) is 0 Å². The number of rotatable bonds is 3. The Morgan fingerprint density at radius 3 is 2.46 bits per heavy atom. The fraction of sp³-hybridized carbons (Fsp3) is 0.333. The molecule has 2 nitrogen and oxygen atoms in total. The molecule has 0 saturated carbocycles. The molecule has 3 heteroatoms. The fourth-order valence-electron chi connectivity index (χ4n) is 4.40. The summed E-state index contributed by atoms with van der Waals surface area (Å²) in [7, 11) is 2.24. The molecular weight excluding hydrogens is 360 g/mol. The van der Waals surface area contributed by atoms with Crippen molar-refractivity contribution in [3.8, 4) is 0 Å². The molecule has 0 saturated heterocycles. The number of quaternary nitrogens is 1. The molecule has 126 valence electrons. The molecule has 0 amide bonds. The highest BCUT2D eigenvalue weighted by Gasteiger charge is 2.45. The molecule has 2 aromatic carbocycles. The monoisotopic (exact) mass is 384 g/mol. The third-order valence-electron chi connectivity index (χ3n) is 5.55. The van der Waals surface area contributed by atoms with E-state index in [9.17, 15) is 0 Å². The quantitative estimate of drug-likeness (QED) is 0.720. The average Bonchev–Trinajstić information content (AvgIpc) is 2.86. The smallest absolute Gasteiger partial charge is 0.145 e. The normalized spacial score (nSPS) is 22.8. The highest BCUT2D eigenvalue weighted by molar-refractivity contribution is 5.86. The molecule has 1 atom stereocenters. The molecule has 0 radical (unpaired) electrons. The third kappa shape index (κ3) is 2.65. The van der Waals surface area contributed by atoms with E-state index < -0.39 is 0 Å². The number of hydrogen-bond donors (Lipinski definition) is 0. The lowest BCUT2D eigenvalue weighted by Gasteiger charge is -2.38. The Balaban J connectivity index is 0.00000169. The van der Waals surface area contributed by atoms with Crippen molar-refractivity contribution in [1.29, 1.82) is 0 Å². The van der Waals surface area contributed by atoms with Crippen LogP contribution in [0.15, 0.2) is 60.3 Å². The maximum absolute atomic E-state index is 2.45. The van der Waals surface area contributed by atoms with Crippen molar-refractivity contribution < 1.29 is 17.0 Å². The van der Waals surface area contributed by atoms with Crippen LogP contribution in [-0.4, -0.2) is 31.6 Å². The Morgan fingerprint density at radius 2 is 1.71 bits per heavy atom. The molecule has 0 aromatic heterocycles. The second-order valence-corrected chi connectivity index (χ2v) is 6.86. The van der Waals surface area contributed by atoms with E-state index in [4.69, 9.17) is 0 Å². The van der Waals surface area contributed by atoms with E-state index in [2.05, 4.69) is 73.5 Å². The predicted octanol–water partition coefficient (Wildman–Crippen LogP) is 1.28. The summed E-state index contributed by atoms with van der Waals surface area (Å²) in [5.74, 6) is 0. The lowest BCUT2D eigenvalue weighted by Crippen LogP contribution is -3.00. The number of likely N-dealkylation sites (N-methyl/N-ethyl adjacent to an activating group) is 1. The van der Waals surface area contributed by atoms with Gasteiger partial charge in [0.15, 0.2) is 0 Å². The summed E-state index contributed by atoms with van der Waals surface area (Å²) in [6.45, 7) is 6.78. The molecule has 0 fully saturated rings. The molecule has 4 rings (SSSR count). The van der Waals surface area contributed by atoms with Gasteiger partial charge in [0.05, 0.1) is 6.54 Å². The third-order valence-corrected chi connectivity index (χ3v) is 5.55. The van der Waals surface area contributed by atoms with Crippen LogP contribution in [0.5, 0.6) is 0 Å². The van der Waals surface area contributed by atoms with Crippen LogP contribution in [0.1, 0.15) is 24.5 Å². The summed E-state index contributed by atoms with van der Waals surface area (Å²) in [5.41, 5.74) is 7.63. The molecule has 0 N–H and O–H groups in total. The first-order valence-corrected chi connectivity index (χ1v) is 8.67. The highest BCUT2D eigenvalue weighted by atomic mass is 79.9. The highest BCUT2D eigenvalue weighted by Crippen LogP contribution is 2.49. The first-order valence-electron chi connectivity index (χ1n) is 8.67. The average molecular weight is 385 g/mol. The summed E-state index contributed by atoms with van der Waals surface area (Å²) >= 11 is 0. The van der Waals surface area contributed by atoms with Crippen LogP contribution in [0.25, 0.3) is 5.57 Å². The summed E-state index contributed by atoms with van der Waals surface area (Å²) in [5, 5.41) is 0. The van der Waals surface area contributed by atoms with E-state index in [0.29, 0.717) is 0 Å². The summed E-state index contributed by atoms with van der Waals surface area (Å²) in [4.78, 5) is 2.45. The van der Waals surface area contributed by atoms with Crippen molar-refractivity contribution in [2.75, 3.05) is 26.7 Å². The maximum Gasteiger partial charge on any atom is 0.145 e. The molecular formula is C21H25BrN2. The molecule has 2 heterocycles. The number of nitrogens with zero attached hydrogens (tertiary/aromatic N) is 2. The van der Waals surface area contributed by atoms with Crippen LogP contribution in [0, 0.1) is 0 Å². The SMILES string of the molecule is CC[N+]1(Cc2ccccc2)C2=C(CN(C)CC2)c2ccccc21.[Br-]. The van der Waals surface area contributed by atoms with Gasteiger partial charge in [-0.25, -0.2) is 0 Å². The van der Waals surface area contributed by atoms with Crippen LogP contribution >= 0.6 is 0 Å². The lowest BCUT2D eigenvalue weighted by molar-refractivity contribution is -0.00000467. The minimum atomic E-state index is 0.